The van der Waals surface area contributed by atoms with Crippen LogP contribution < -0.4 is 34.9 Å². The summed E-state index contributed by atoms with van der Waals surface area (Å²) in [5.74, 6) is -0.680. The van der Waals surface area contributed by atoms with Gasteiger partial charge in [0.1, 0.15) is 5.75 Å². The molecule has 6 rings (SSSR count). The maximum Gasteiger partial charge on any atom is 1.00 e. The van der Waals surface area contributed by atoms with Gasteiger partial charge in [0.25, 0.3) is 26.1 Å². The summed E-state index contributed by atoms with van der Waals surface area (Å²) in [5.41, 5.74) is 3.09. The minimum Gasteiger partial charge on any atom is -0.507 e. The third kappa shape index (κ3) is 8.11. The molecule has 0 spiro atoms. The number of benzene rings is 6. The molecule has 0 bridgehead atoms. The van der Waals surface area contributed by atoms with Gasteiger partial charge in [-0.3, -0.25) is 13.9 Å². The number of anilines is 1. The molecule has 0 heterocycles. The fourth-order valence-electron chi connectivity index (χ4n) is 5.01. The number of aryl methyl sites for hydroxylation is 1. The molecule has 13 nitrogen and oxygen atoms in total. The van der Waals surface area contributed by atoms with Crippen LogP contribution in [0, 0.1) is 6.92 Å². The second-order valence-corrected chi connectivity index (χ2v) is 13.7. The van der Waals surface area contributed by atoms with Crippen LogP contribution in [0.1, 0.15) is 15.9 Å². The van der Waals surface area contributed by atoms with E-state index in [1.807, 2.05) is 0 Å². The number of phenolic OH excluding ortho intramolecular Hbond substituents is 1. The van der Waals surface area contributed by atoms with E-state index in [1.54, 1.807) is 79.7 Å². The number of hydrogen-bond donors (Lipinski definition) is 4. The monoisotopic (exact) mass is 718 g/mol. The Balaban J connectivity index is 0.00000486. The zero-order valence-corrected chi connectivity index (χ0v) is 30.0. The molecule has 4 N–H and O–H groups in total. The molecule has 0 unspecified atom stereocenters. The second kappa shape index (κ2) is 14.5. The number of nitrogens with zero attached hydrogens (tertiary/aromatic N) is 4. The summed E-state index contributed by atoms with van der Waals surface area (Å²) in [4.78, 5) is 12.0. The number of rotatable bonds is 8. The molecular formula is C34H25N5NaO8S2+. The molecule has 246 valence electrons. The summed E-state index contributed by atoms with van der Waals surface area (Å²) >= 11 is 0. The number of azo groups is 2. The first-order valence-electron chi connectivity index (χ1n) is 14.4. The van der Waals surface area contributed by atoms with Crippen molar-refractivity contribution >= 4 is 76.1 Å². The quantitative estimate of drug-likeness (QED) is 0.0884. The normalized spacial score (nSPS) is 12.1. The SMILES string of the molecule is Cc1cc(N=Nc2ccc(NC(=O)c3ccccc3)c3ccc(S(=O)(=O)O)cc23)ccc1N=Nc1ccc2c(O)cc(S(=O)(=O)O)cc2c1.[Na+]. The van der Waals surface area contributed by atoms with Crippen LogP contribution in [0.2, 0.25) is 0 Å². The first-order chi connectivity index (χ1) is 23.3. The summed E-state index contributed by atoms with van der Waals surface area (Å²) in [6.45, 7) is 1.78. The summed E-state index contributed by atoms with van der Waals surface area (Å²) < 4.78 is 66.0. The number of carbonyl (C=O) groups excluding carboxylic acids is 1. The second-order valence-electron chi connectivity index (χ2n) is 10.8. The molecule has 0 aromatic heterocycles. The number of amides is 1. The van der Waals surface area contributed by atoms with Gasteiger partial charge in [-0.15, -0.1) is 5.11 Å². The summed E-state index contributed by atoms with van der Waals surface area (Å²) in [5, 5.41) is 31.6. The first kappa shape index (κ1) is 36.4. The van der Waals surface area contributed by atoms with Crippen molar-refractivity contribution in [2.75, 3.05) is 5.32 Å². The van der Waals surface area contributed by atoms with Gasteiger partial charge >= 0.3 is 29.6 Å². The number of carbonyl (C=O) groups is 1. The summed E-state index contributed by atoms with van der Waals surface area (Å²) in [6, 6.07) is 27.5. The third-order valence-electron chi connectivity index (χ3n) is 7.46. The van der Waals surface area contributed by atoms with Gasteiger partial charge < -0.3 is 10.4 Å². The van der Waals surface area contributed by atoms with E-state index in [1.165, 1.54) is 30.3 Å². The average molecular weight is 719 g/mol. The molecule has 6 aromatic rings. The van der Waals surface area contributed by atoms with E-state index in [0.717, 1.165) is 6.07 Å². The van der Waals surface area contributed by atoms with Gasteiger partial charge in [0.15, 0.2) is 0 Å². The van der Waals surface area contributed by atoms with Crippen molar-refractivity contribution in [3.05, 3.63) is 120 Å². The largest absolute Gasteiger partial charge is 1.00 e. The van der Waals surface area contributed by atoms with Crippen molar-refractivity contribution < 1.29 is 65.4 Å². The minimum atomic E-state index is -4.54. The van der Waals surface area contributed by atoms with Crippen LogP contribution in [0.15, 0.2) is 139 Å². The molecule has 6 aromatic carbocycles. The Morgan fingerprint density at radius 3 is 1.92 bits per heavy atom. The van der Waals surface area contributed by atoms with E-state index in [4.69, 9.17) is 0 Å². The minimum absolute atomic E-state index is 0. The first-order valence-corrected chi connectivity index (χ1v) is 17.2. The van der Waals surface area contributed by atoms with E-state index in [2.05, 4.69) is 25.8 Å². The zero-order chi connectivity index (χ0) is 34.9. The van der Waals surface area contributed by atoms with Crippen LogP contribution in [0.3, 0.4) is 0 Å². The van der Waals surface area contributed by atoms with Gasteiger partial charge in [0.2, 0.25) is 0 Å². The maximum atomic E-state index is 12.8. The van der Waals surface area contributed by atoms with E-state index in [0.29, 0.717) is 55.4 Å². The molecule has 1 amide bonds. The predicted octanol–water partition coefficient (Wildman–Crippen LogP) is 5.59. The Labute approximate surface area is 308 Å². The van der Waals surface area contributed by atoms with Crippen LogP contribution >= 0.6 is 0 Å². The molecule has 0 radical (unpaired) electrons. The number of fused-ring (bicyclic) bond motifs is 2. The topological polar surface area (TPSA) is 208 Å². The number of nitrogens with one attached hydrogen (secondary N) is 1. The standard InChI is InChI=1S/C34H25N5O8S2.Na/c1-20-15-23(8-12-30(20)38-37-24-7-10-27-22(16-24)17-26(19-33(27)40)49(45,46)47)36-39-32-14-13-31(35-34(41)21-5-3-2-4-6-21)28-11-9-25(18-29(28)32)48(42,43)44;/h2-19,40H,1H3,(H,35,41)(H,42,43,44)(H,45,46,47);/q;+1. The third-order valence-corrected chi connectivity index (χ3v) is 9.14. The summed E-state index contributed by atoms with van der Waals surface area (Å²) in [7, 11) is -9.07. The zero-order valence-electron chi connectivity index (χ0n) is 26.4. The fourth-order valence-corrected chi connectivity index (χ4v) is 6.05. The fraction of sp³-hybridized carbons (Fsp3) is 0.0294. The van der Waals surface area contributed by atoms with Crippen LogP contribution in [0.25, 0.3) is 21.5 Å². The number of hydrogen-bond acceptors (Lipinski definition) is 10. The summed E-state index contributed by atoms with van der Waals surface area (Å²) in [6.07, 6.45) is 0. The van der Waals surface area contributed by atoms with Gasteiger partial charge in [0, 0.05) is 33.5 Å². The van der Waals surface area contributed by atoms with Crippen molar-refractivity contribution in [3.8, 4) is 5.75 Å². The molecule has 0 aliphatic heterocycles. The van der Waals surface area contributed by atoms with Crippen molar-refractivity contribution in [1.82, 2.24) is 0 Å². The van der Waals surface area contributed by atoms with Crippen LogP contribution in [-0.4, -0.2) is 37.0 Å². The van der Waals surface area contributed by atoms with Crippen molar-refractivity contribution in [2.24, 2.45) is 20.5 Å². The van der Waals surface area contributed by atoms with Gasteiger partial charge in [-0.2, -0.15) is 32.2 Å². The van der Waals surface area contributed by atoms with Gasteiger partial charge in [-0.1, -0.05) is 24.3 Å². The molecule has 0 aliphatic carbocycles. The average Bonchev–Trinajstić information content (AvgIpc) is 3.06. The maximum absolute atomic E-state index is 12.8. The van der Waals surface area contributed by atoms with E-state index >= 15 is 0 Å². The Kier molecular flexibility index (Phi) is 10.6. The van der Waals surface area contributed by atoms with E-state index in [-0.39, 0.29) is 51.8 Å². The number of aromatic hydroxyl groups is 1. The molecule has 0 saturated heterocycles. The Hall–Kier alpha value is -4.87. The molecule has 16 heteroatoms. The Morgan fingerprint density at radius 2 is 1.24 bits per heavy atom. The number of phenols is 1. The Morgan fingerprint density at radius 1 is 0.620 bits per heavy atom. The van der Waals surface area contributed by atoms with E-state index in [9.17, 15) is 35.8 Å². The van der Waals surface area contributed by atoms with Crippen LogP contribution in [-0.2, 0) is 20.2 Å². The Bertz CT molecular complexity index is 2580. The molecule has 50 heavy (non-hydrogen) atoms. The van der Waals surface area contributed by atoms with Crippen LogP contribution in [0.5, 0.6) is 5.75 Å². The van der Waals surface area contributed by atoms with Gasteiger partial charge in [-0.05, 0) is 96.7 Å². The van der Waals surface area contributed by atoms with Crippen molar-refractivity contribution in [3.63, 3.8) is 0 Å². The molecule has 0 fully saturated rings. The molecule has 0 saturated carbocycles. The van der Waals surface area contributed by atoms with Gasteiger partial charge in [0.05, 0.1) is 32.5 Å². The molecule has 0 aliphatic rings. The van der Waals surface area contributed by atoms with Crippen molar-refractivity contribution in [1.29, 1.82) is 0 Å². The van der Waals surface area contributed by atoms with Gasteiger partial charge in [-0.25, -0.2) is 0 Å². The smallest absolute Gasteiger partial charge is 0.507 e. The molecular weight excluding hydrogens is 694 g/mol. The van der Waals surface area contributed by atoms with E-state index < -0.39 is 25.1 Å². The van der Waals surface area contributed by atoms with Crippen LogP contribution in [0.4, 0.5) is 28.4 Å². The predicted molar refractivity (Wildman–Crippen MR) is 183 cm³/mol. The molecule has 0 atom stereocenters. The van der Waals surface area contributed by atoms with Crippen molar-refractivity contribution in [2.45, 2.75) is 16.7 Å².